The molecule has 0 fully saturated rings. The quantitative estimate of drug-likeness (QED) is 0.681. The van der Waals surface area contributed by atoms with Gasteiger partial charge >= 0.3 is 0 Å². The third-order valence-electron chi connectivity index (χ3n) is 1.01. The van der Waals surface area contributed by atoms with Crippen LogP contribution in [0.15, 0.2) is 4.73 Å². The average molecular weight is 191 g/mol. The number of halogens is 1. The maximum atomic E-state index is 5.32. The van der Waals surface area contributed by atoms with Crippen molar-refractivity contribution in [2.75, 3.05) is 0 Å². The van der Waals surface area contributed by atoms with E-state index in [0.29, 0.717) is 11.3 Å². The van der Waals surface area contributed by atoms with Gasteiger partial charge in [0.2, 0.25) is 4.73 Å². The molecule has 0 aliphatic carbocycles. The SMILES string of the molecule is Cn1nc(Br)nc1CN. The predicted molar refractivity (Wildman–Crippen MR) is 36.6 cm³/mol. The summed E-state index contributed by atoms with van der Waals surface area (Å²) in [6, 6.07) is 0. The van der Waals surface area contributed by atoms with Crippen LogP contribution in [0.25, 0.3) is 0 Å². The number of aryl methyl sites for hydroxylation is 1. The Hall–Kier alpha value is -0.420. The summed E-state index contributed by atoms with van der Waals surface area (Å²) in [5.41, 5.74) is 5.32. The highest BCUT2D eigenvalue weighted by Crippen LogP contribution is 2.01. The molecule has 0 aliphatic heterocycles. The standard InChI is InChI=1S/C4H7BrN4/c1-9-3(2-6)7-4(5)8-9/h2,6H2,1H3. The first-order valence-corrected chi connectivity index (χ1v) is 3.29. The summed E-state index contributed by atoms with van der Waals surface area (Å²) in [5.74, 6) is 0.780. The Balaban J connectivity index is 3.01. The molecule has 0 aromatic carbocycles. The molecule has 0 radical (unpaired) electrons. The van der Waals surface area contributed by atoms with Crippen LogP contribution in [-0.2, 0) is 13.6 Å². The van der Waals surface area contributed by atoms with Gasteiger partial charge in [-0.3, -0.25) is 4.68 Å². The molecule has 1 heterocycles. The van der Waals surface area contributed by atoms with Gasteiger partial charge in [0.25, 0.3) is 0 Å². The monoisotopic (exact) mass is 190 g/mol. The summed E-state index contributed by atoms with van der Waals surface area (Å²) in [6.45, 7) is 0.426. The smallest absolute Gasteiger partial charge is 0.217 e. The lowest BCUT2D eigenvalue weighted by molar-refractivity contribution is 0.700. The van der Waals surface area contributed by atoms with Gasteiger partial charge in [-0.25, -0.2) is 4.98 Å². The fraction of sp³-hybridized carbons (Fsp3) is 0.500. The molecule has 1 rings (SSSR count). The summed E-state index contributed by atoms with van der Waals surface area (Å²) in [5, 5.41) is 3.92. The van der Waals surface area contributed by atoms with Gasteiger partial charge in [0.05, 0.1) is 6.54 Å². The lowest BCUT2D eigenvalue weighted by Gasteiger charge is -1.90. The number of aromatic nitrogens is 3. The van der Waals surface area contributed by atoms with Crippen molar-refractivity contribution in [1.29, 1.82) is 0 Å². The minimum Gasteiger partial charge on any atom is -0.324 e. The van der Waals surface area contributed by atoms with Gasteiger partial charge in [0.1, 0.15) is 5.82 Å². The zero-order valence-electron chi connectivity index (χ0n) is 5.00. The van der Waals surface area contributed by atoms with Crippen LogP contribution in [0.2, 0.25) is 0 Å². The molecular formula is C4H7BrN4. The molecule has 0 aliphatic rings. The molecule has 0 amide bonds. The van der Waals surface area contributed by atoms with E-state index in [4.69, 9.17) is 5.73 Å². The molecule has 1 aromatic rings. The molecule has 0 spiro atoms. The molecule has 1 aromatic heterocycles. The molecule has 9 heavy (non-hydrogen) atoms. The van der Waals surface area contributed by atoms with Crippen molar-refractivity contribution in [3.8, 4) is 0 Å². The Morgan fingerprint density at radius 3 is 2.67 bits per heavy atom. The van der Waals surface area contributed by atoms with Gasteiger partial charge in [-0.1, -0.05) is 0 Å². The van der Waals surface area contributed by atoms with Gasteiger partial charge in [-0.15, -0.1) is 5.10 Å². The lowest BCUT2D eigenvalue weighted by atomic mass is 10.6. The highest BCUT2D eigenvalue weighted by molar-refractivity contribution is 9.10. The first-order chi connectivity index (χ1) is 4.24. The lowest BCUT2D eigenvalue weighted by Crippen LogP contribution is -2.05. The molecule has 2 N–H and O–H groups in total. The summed E-state index contributed by atoms with van der Waals surface area (Å²) in [4.78, 5) is 3.97. The summed E-state index contributed by atoms with van der Waals surface area (Å²) >= 11 is 3.13. The fourth-order valence-electron chi connectivity index (χ4n) is 0.560. The first kappa shape index (κ1) is 6.70. The molecule has 0 unspecified atom stereocenters. The number of rotatable bonds is 1. The second-order valence-electron chi connectivity index (χ2n) is 1.62. The molecular weight excluding hydrogens is 184 g/mol. The van der Waals surface area contributed by atoms with E-state index in [1.807, 2.05) is 0 Å². The third kappa shape index (κ3) is 1.28. The van der Waals surface area contributed by atoms with Crippen LogP contribution in [0.4, 0.5) is 0 Å². The molecule has 0 atom stereocenters. The van der Waals surface area contributed by atoms with E-state index in [1.165, 1.54) is 0 Å². The van der Waals surface area contributed by atoms with Crippen LogP contribution in [0.1, 0.15) is 5.82 Å². The van der Waals surface area contributed by atoms with Crippen molar-refractivity contribution in [3.63, 3.8) is 0 Å². The zero-order valence-corrected chi connectivity index (χ0v) is 6.59. The maximum absolute atomic E-state index is 5.32. The summed E-state index contributed by atoms with van der Waals surface area (Å²) in [7, 11) is 1.81. The molecule has 4 nitrogen and oxygen atoms in total. The summed E-state index contributed by atoms with van der Waals surface area (Å²) < 4.78 is 2.23. The molecule has 0 bridgehead atoms. The van der Waals surface area contributed by atoms with Gasteiger partial charge < -0.3 is 5.73 Å². The first-order valence-electron chi connectivity index (χ1n) is 2.49. The predicted octanol–water partition coefficient (Wildman–Crippen LogP) is 0.0363. The minimum absolute atomic E-state index is 0.426. The Labute approximate surface area is 61.2 Å². The Bertz CT molecular complexity index is 206. The number of nitrogens with two attached hydrogens (primary N) is 1. The Kier molecular flexibility index (Phi) is 1.82. The number of hydrogen-bond acceptors (Lipinski definition) is 3. The summed E-state index contributed by atoms with van der Waals surface area (Å²) in [6.07, 6.45) is 0. The highest BCUT2D eigenvalue weighted by atomic mass is 79.9. The van der Waals surface area contributed by atoms with E-state index in [-0.39, 0.29) is 0 Å². The van der Waals surface area contributed by atoms with E-state index in [2.05, 4.69) is 26.0 Å². The largest absolute Gasteiger partial charge is 0.324 e. The Morgan fingerprint density at radius 2 is 2.44 bits per heavy atom. The highest BCUT2D eigenvalue weighted by Gasteiger charge is 1.99. The van der Waals surface area contributed by atoms with Crippen LogP contribution in [0.5, 0.6) is 0 Å². The topological polar surface area (TPSA) is 56.7 Å². The maximum Gasteiger partial charge on any atom is 0.217 e. The number of nitrogens with zero attached hydrogens (tertiary/aromatic N) is 3. The second kappa shape index (κ2) is 2.45. The molecule has 5 heteroatoms. The zero-order chi connectivity index (χ0) is 6.85. The van der Waals surface area contributed by atoms with Crippen molar-refractivity contribution >= 4 is 15.9 Å². The Morgan fingerprint density at radius 1 is 1.78 bits per heavy atom. The molecule has 0 saturated carbocycles. The second-order valence-corrected chi connectivity index (χ2v) is 2.33. The fourth-order valence-corrected chi connectivity index (χ4v) is 1.00. The van der Waals surface area contributed by atoms with E-state index in [1.54, 1.807) is 11.7 Å². The van der Waals surface area contributed by atoms with Crippen molar-refractivity contribution in [1.82, 2.24) is 14.8 Å². The van der Waals surface area contributed by atoms with E-state index >= 15 is 0 Å². The van der Waals surface area contributed by atoms with E-state index in [9.17, 15) is 0 Å². The van der Waals surface area contributed by atoms with Crippen molar-refractivity contribution in [2.45, 2.75) is 6.54 Å². The number of hydrogen-bond donors (Lipinski definition) is 1. The normalized spacial score (nSPS) is 10.1. The van der Waals surface area contributed by atoms with Gasteiger partial charge in [0.15, 0.2) is 0 Å². The van der Waals surface area contributed by atoms with Crippen LogP contribution >= 0.6 is 15.9 Å². The molecule has 0 saturated heterocycles. The van der Waals surface area contributed by atoms with E-state index < -0.39 is 0 Å². The van der Waals surface area contributed by atoms with Gasteiger partial charge in [-0.05, 0) is 15.9 Å². The van der Waals surface area contributed by atoms with Crippen LogP contribution in [0, 0.1) is 0 Å². The molecule has 50 valence electrons. The van der Waals surface area contributed by atoms with E-state index in [0.717, 1.165) is 5.82 Å². The van der Waals surface area contributed by atoms with Crippen LogP contribution in [0.3, 0.4) is 0 Å². The minimum atomic E-state index is 0.426. The van der Waals surface area contributed by atoms with Gasteiger partial charge in [0, 0.05) is 7.05 Å². The van der Waals surface area contributed by atoms with Crippen molar-refractivity contribution in [2.24, 2.45) is 12.8 Å². The average Bonchev–Trinajstić information content (AvgIpc) is 2.10. The van der Waals surface area contributed by atoms with Crippen molar-refractivity contribution in [3.05, 3.63) is 10.6 Å². The van der Waals surface area contributed by atoms with Crippen molar-refractivity contribution < 1.29 is 0 Å². The van der Waals surface area contributed by atoms with Crippen LogP contribution < -0.4 is 5.73 Å². The van der Waals surface area contributed by atoms with Crippen LogP contribution in [-0.4, -0.2) is 14.8 Å². The third-order valence-corrected chi connectivity index (χ3v) is 1.35. The van der Waals surface area contributed by atoms with Gasteiger partial charge in [-0.2, -0.15) is 0 Å².